The minimum Gasteiger partial charge on any atom is -0.325 e. The van der Waals surface area contributed by atoms with Crippen molar-refractivity contribution in [1.82, 2.24) is 4.73 Å². The Labute approximate surface area is 88.6 Å². The van der Waals surface area contributed by atoms with Gasteiger partial charge in [-0.1, -0.05) is 0 Å². The lowest BCUT2D eigenvalue weighted by Crippen LogP contribution is -2.53. The van der Waals surface area contributed by atoms with E-state index in [1.165, 1.54) is 4.73 Å². The van der Waals surface area contributed by atoms with Crippen molar-refractivity contribution < 1.29 is 9.32 Å². The highest BCUT2D eigenvalue weighted by molar-refractivity contribution is 6.77. The van der Waals surface area contributed by atoms with Crippen molar-refractivity contribution in [3.63, 3.8) is 0 Å². The SMILES string of the molecule is C#CC(=O)N(O[Si](C)(C)C)[Si](C)(C)C. The summed E-state index contributed by atoms with van der Waals surface area (Å²) in [6.45, 7) is 12.2. The molecule has 0 aliphatic rings. The zero-order valence-electron chi connectivity index (χ0n) is 9.84. The quantitative estimate of drug-likeness (QED) is 0.421. The van der Waals surface area contributed by atoms with Crippen LogP contribution in [0, 0.1) is 12.3 Å². The van der Waals surface area contributed by atoms with Crippen LogP contribution in [0.4, 0.5) is 0 Å². The molecule has 0 spiro atoms. The first kappa shape index (κ1) is 13.4. The minimum atomic E-state index is -1.83. The average molecular weight is 229 g/mol. The Morgan fingerprint density at radius 2 is 1.64 bits per heavy atom. The lowest BCUT2D eigenvalue weighted by molar-refractivity contribution is -0.138. The second-order valence-corrected chi connectivity index (χ2v) is 14.3. The normalized spacial score (nSPS) is 12.1. The first-order chi connectivity index (χ1) is 6.08. The summed E-state index contributed by atoms with van der Waals surface area (Å²) >= 11 is 0. The zero-order chi connectivity index (χ0) is 11.6. The van der Waals surface area contributed by atoms with Gasteiger partial charge in [-0.05, 0) is 45.2 Å². The third-order valence-electron chi connectivity index (χ3n) is 1.28. The van der Waals surface area contributed by atoms with E-state index in [-0.39, 0.29) is 5.91 Å². The van der Waals surface area contributed by atoms with E-state index in [2.05, 4.69) is 5.92 Å². The molecule has 0 saturated heterocycles. The molecule has 5 heteroatoms. The monoisotopic (exact) mass is 229 g/mol. The molecule has 0 atom stereocenters. The third kappa shape index (κ3) is 4.60. The van der Waals surface area contributed by atoms with Gasteiger partial charge in [0.15, 0.2) is 8.24 Å². The Balaban J connectivity index is 4.79. The highest BCUT2D eigenvalue weighted by Gasteiger charge is 2.33. The van der Waals surface area contributed by atoms with Crippen molar-refractivity contribution in [2.45, 2.75) is 39.3 Å². The second-order valence-electron chi connectivity index (χ2n) is 5.12. The fourth-order valence-electron chi connectivity index (χ4n) is 0.816. The van der Waals surface area contributed by atoms with Crippen LogP contribution in [-0.2, 0) is 9.32 Å². The molecule has 0 aliphatic heterocycles. The van der Waals surface area contributed by atoms with Gasteiger partial charge < -0.3 is 4.53 Å². The molecule has 0 N–H and O–H groups in total. The first-order valence-electron chi connectivity index (χ1n) is 4.58. The van der Waals surface area contributed by atoms with E-state index in [1.54, 1.807) is 0 Å². The predicted octanol–water partition coefficient (Wildman–Crippen LogP) is 2.05. The van der Waals surface area contributed by atoms with Crippen molar-refractivity contribution >= 4 is 22.5 Å². The van der Waals surface area contributed by atoms with Crippen molar-refractivity contribution in [1.29, 1.82) is 0 Å². The van der Waals surface area contributed by atoms with Gasteiger partial charge in [-0.15, -0.1) is 6.42 Å². The molecule has 0 saturated carbocycles. The summed E-state index contributed by atoms with van der Waals surface area (Å²) in [5.74, 6) is 1.76. The van der Waals surface area contributed by atoms with Crippen LogP contribution in [0.1, 0.15) is 0 Å². The van der Waals surface area contributed by atoms with Gasteiger partial charge in [0.25, 0.3) is 0 Å². The Hall–Kier alpha value is -0.576. The van der Waals surface area contributed by atoms with Crippen LogP contribution in [0.5, 0.6) is 0 Å². The maximum absolute atomic E-state index is 11.5. The van der Waals surface area contributed by atoms with Crippen LogP contribution in [0.3, 0.4) is 0 Å². The predicted molar refractivity (Wildman–Crippen MR) is 63.5 cm³/mol. The summed E-state index contributed by atoms with van der Waals surface area (Å²) in [6, 6.07) is 0. The van der Waals surface area contributed by atoms with Gasteiger partial charge in [-0.3, -0.25) is 9.52 Å². The molecule has 0 unspecified atom stereocenters. The molecule has 0 rings (SSSR count). The topological polar surface area (TPSA) is 29.5 Å². The van der Waals surface area contributed by atoms with E-state index in [4.69, 9.17) is 11.0 Å². The molecular weight excluding hydrogens is 210 g/mol. The molecule has 0 aromatic heterocycles. The lowest BCUT2D eigenvalue weighted by Gasteiger charge is -2.36. The molecule has 0 fully saturated rings. The molecule has 0 bridgehead atoms. The van der Waals surface area contributed by atoms with Gasteiger partial charge >= 0.3 is 5.91 Å². The Morgan fingerprint density at radius 1 is 1.21 bits per heavy atom. The number of hydrogen-bond acceptors (Lipinski definition) is 2. The molecule has 0 aromatic rings. The zero-order valence-corrected chi connectivity index (χ0v) is 11.8. The number of nitrogens with zero attached hydrogens (tertiary/aromatic N) is 1. The summed E-state index contributed by atoms with van der Waals surface area (Å²) in [6.07, 6.45) is 5.10. The van der Waals surface area contributed by atoms with Crippen LogP contribution >= 0.6 is 0 Å². The second kappa shape index (κ2) is 4.30. The third-order valence-corrected chi connectivity index (χ3v) is 3.71. The van der Waals surface area contributed by atoms with Gasteiger partial charge in [0.05, 0.1) is 0 Å². The molecule has 0 aliphatic carbocycles. The Bertz CT molecular complexity index is 257. The number of carbonyl (C=O) groups is 1. The van der Waals surface area contributed by atoms with Gasteiger partial charge in [0.2, 0.25) is 8.32 Å². The van der Waals surface area contributed by atoms with E-state index >= 15 is 0 Å². The van der Waals surface area contributed by atoms with E-state index in [0.717, 1.165) is 0 Å². The van der Waals surface area contributed by atoms with Crippen LogP contribution < -0.4 is 0 Å². The minimum absolute atomic E-state index is 0.355. The standard InChI is InChI=1S/C9H19NO2Si2/c1-8-9(11)10(13(2,3)4)12-14(5,6)7/h1H,2-7H3. The van der Waals surface area contributed by atoms with E-state index < -0.39 is 16.6 Å². The Kier molecular flexibility index (Phi) is 4.12. The van der Waals surface area contributed by atoms with E-state index in [9.17, 15) is 4.79 Å². The van der Waals surface area contributed by atoms with Crippen molar-refractivity contribution in [2.24, 2.45) is 0 Å². The lowest BCUT2D eigenvalue weighted by atomic mass is 10.7. The smallest absolute Gasteiger partial charge is 0.312 e. The van der Waals surface area contributed by atoms with Crippen LogP contribution in [-0.4, -0.2) is 27.2 Å². The van der Waals surface area contributed by atoms with Crippen molar-refractivity contribution in [2.75, 3.05) is 0 Å². The van der Waals surface area contributed by atoms with Gasteiger partial charge in [0.1, 0.15) is 0 Å². The van der Waals surface area contributed by atoms with Crippen molar-refractivity contribution in [3.8, 4) is 12.3 Å². The fourth-order valence-corrected chi connectivity index (χ4v) is 4.04. The van der Waals surface area contributed by atoms with Gasteiger partial charge in [0, 0.05) is 0 Å². The molecule has 14 heavy (non-hydrogen) atoms. The molecule has 0 heterocycles. The number of rotatable bonds is 3. The summed E-state index contributed by atoms with van der Waals surface area (Å²) in [5.41, 5.74) is 0. The summed E-state index contributed by atoms with van der Waals surface area (Å²) in [5, 5.41) is 0. The van der Waals surface area contributed by atoms with Crippen LogP contribution in [0.15, 0.2) is 0 Å². The molecule has 80 valence electrons. The van der Waals surface area contributed by atoms with Crippen molar-refractivity contribution in [3.05, 3.63) is 0 Å². The van der Waals surface area contributed by atoms with Gasteiger partial charge in [-0.25, -0.2) is 0 Å². The molecular formula is C9H19NO2Si2. The average Bonchev–Trinajstić information content (AvgIpc) is 1.95. The first-order valence-corrected chi connectivity index (χ1v) is 11.4. The number of terminal acetylenes is 1. The maximum atomic E-state index is 11.5. The maximum Gasteiger partial charge on any atom is 0.312 e. The molecule has 0 aromatic carbocycles. The highest BCUT2D eigenvalue weighted by Crippen LogP contribution is 2.15. The van der Waals surface area contributed by atoms with Gasteiger partial charge in [-0.2, -0.15) is 0 Å². The number of hydroxylamine groups is 1. The molecule has 3 nitrogen and oxygen atoms in total. The highest BCUT2D eigenvalue weighted by atomic mass is 28.4. The Morgan fingerprint density at radius 3 is 1.86 bits per heavy atom. The summed E-state index contributed by atoms with van der Waals surface area (Å²) < 4.78 is 7.14. The molecule has 1 amide bonds. The summed E-state index contributed by atoms with van der Waals surface area (Å²) in [4.78, 5) is 11.5. The number of amides is 1. The van der Waals surface area contributed by atoms with Crippen LogP contribution in [0.2, 0.25) is 39.3 Å². The van der Waals surface area contributed by atoms with Crippen LogP contribution in [0.25, 0.3) is 0 Å². The van der Waals surface area contributed by atoms with E-state index in [1.807, 2.05) is 39.3 Å². The molecule has 0 radical (unpaired) electrons. The largest absolute Gasteiger partial charge is 0.325 e. The number of carbonyl (C=O) groups excluding carboxylic acids is 1. The summed E-state index contributed by atoms with van der Waals surface area (Å²) in [7, 11) is -3.59. The van der Waals surface area contributed by atoms with E-state index in [0.29, 0.717) is 0 Å². The fraction of sp³-hybridized carbons (Fsp3) is 0.667. The number of hydrogen-bond donors (Lipinski definition) is 0.